The van der Waals surface area contributed by atoms with Crippen LogP contribution >= 0.6 is 37.2 Å². The molecule has 1 unspecified atom stereocenters. The molecular weight excluding hydrogens is 423 g/mol. The molecule has 0 radical (unpaired) electrons. The van der Waals surface area contributed by atoms with Gasteiger partial charge in [-0.2, -0.15) is 0 Å². The molecule has 3 rings (SSSR count). The number of para-hydroxylation sites is 1. The maximum Gasteiger partial charge on any atom is 0.239 e. The van der Waals surface area contributed by atoms with Crippen LogP contribution in [0, 0.1) is 0 Å². The van der Waals surface area contributed by atoms with Crippen molar-refractivity contribution in [3.05, 3.63) is 30.3 Å². The molecule has 162 valence electrons. The summed E-state index contributed by atoms with van der Waals surface area (Å²) < 4.78 is 5.32. The number of hydrogen-bond donors (Lipinski definition) is 2. The SMILES string of the molecule is Cl.Cl.Cl.O=C(NCCCCN1CCN(c2ccccc2)CC1)C1COCCN1. The minimum Gasteiger partial charge on any atom is -0.378 e. The summed E-state index contributed by atoms with van der Waals surface area (Å²) in [6.45, 7) is 8.22. The van der Waals surface area contributed by atoms with Crippen molar-refractivity contribution in [2.24, 2.45) is 0 Å². The normalized spacial score (nSPS) is 19.6. The first-order valence-electron chi connectivity index (χ1n) is 9.44. The van der Waals surface area contributed by atoms with E-state index in [1.165, 1.54) is 5.69 Å². The lowest BCUT2D eigenvalue weighted by atomic mass is 10.2. The first-order valence-corrected chi connectivity index (χ1v) is 9.44. The minimum atomic E-state index is -0.181. The van der Waals surface area contributed by atoms with E-state index in [2.05, 4.69) is 50.8 Å². The van der Waals surface area contributed by atoms with Gasteiger partial charge >= 0.3 is 0 Å². The van der Waals surface area contributed by atoms with E-state index in [0.29, 0.717) is 13.2 Å². The number of ether oxygens (including phenoxy) is 1. The van der Waals surface area contributed by atoms with Gasteiger partial charge in [0.05, 0.1) is 13.2 Å². The molecule has 2 aliphatic heterocycles. The lowest BCUT2D eigenvalue weighted by Crippen LogP contribution is -2.51. The van der Waals surface area contributed by atoms with E-state index in [4.69, 9.17) is 4.74 Å². The first kappa shape index (κ1) is 27.2. The fraction of sp³-hybridized carbons (Fsp3) is 0.632. The number of benzene rings is 1. The van der Waals surface area contributed by atoms with Gasteiger partial charge < -0.3 is 20.3 Å². The zero-order valence-electron chi connectivity index (χ0n) is 16.2. The Kier molecular flexibility index (Phi) is 14.7. The van der Waals surface area contributed by atoms with Crippen LogP contribution in [0.1, 0.15) is 12.8 Å². The Morgan fingerprint density at radius 3 is 2.43 bits per heavy atom. The highest BCUT2D eigenvalue weighted by Gasteiger charge is 2.20. The first-order chi connectivity index (χ1) is 12.3. The number of anilines is 1. The van der Waals surface area contributed by atoms with Crippen molar-refractivity contribution < 1.29 is 9.53 Å². The van der Waals surface area contributed by atoms with Gasteiger partial charge in [-0.1, -0.05) is 18.2 Å². The van der Waals surface area contributed by atoms with Crippen molar-refractivity contribution in [1.82, 2.24) is 15.5 Å². The molecule has 0 bridgehead atoms. The number of rotatable bonds is 7. The van der Waals surface area contributed by atoms with Gasteiger partial charge in [0.15, 0.2) is 0 Å². The second-order valence-corrected chi connectivity index (χ2v) is 6.74. The number of piperazine rings is 1. The van der Waals surface area contributed by atoms with Crippen LogP contribution in [-0.2, 0) is 9.53 Å². The standard InChI is InChI=1S/C19H30N4O2.3ClH/c24-19(18-16-25-15-9-20-18)21-8-4-5-10-22-11-13-23(14-12-22)17-6-2-1-3-7-17;;;/h1-3,6-7,18,20H,4-5,8-16H2,(H,21,24);3*1H. The molecular formula is C19H33Cl3N4O2. The van der Waals surface area contributed by atoms with Crippen LogP contribution < -0.4 is 15.5 Å². The van der Waals surface area contributed by atoms with E-state index in [0.717, 1.165) is 58.7 Å². The van der Waals surface area contributed by atoms with Gasteiger partial charge in [-0.05, 0) is 31.5 Å². The summed E-state index contributed by atoms with van der Waals surface area (Å²) in [4.78, 5) is 16.9. The quantitative estimate of drug-likeness (QED) is 0.616. The Morgan fingerprint density at radius 1 is 1.07 bits per heavy atom. The summed E-state index contributed by atoms with van der Waals surface area (Å²) in [5.74, 6) is 0.0659. The van der Waals surface area contributed by atoms with Crippen molar-refractivity contribution in [3.63, 3.8) is 0 Å². The molecule has 0 aromatic heterocycles. The fourth-order valence-corrected chi connectivity index (χ4v) is 3.40. The third kappa shape index (κ3) is 8.72. The van der Waals surface area contributed by atoms with Crippen LogP contribution in [0.3, 0.4) is 0 Å². The summed E-state index contributed by atoms with van der Waals surface area (Å²) >= 11 is 0. The van der Waals surface area contributed by atoms with E-state index >= 15 is 0 Å². The number of carbonyl (C=O) groups excluding carboxylic acids is 1. The lowest BCUT2D eigenvalue weighted by Gasteiger charge is -2.36. The summed E-state index contributed by atoms with van der Waals surface area (Å²) in [6, 6.07) is 10.5. The molecule has 1 amide bonds. The van der Waals surface area contributed by atoms with Crippen LogP contribution in [0.25, 0.3) is 0 Å². The van der Waals surface area contributed by atoms with Crippen molar-refractivity contribution >= 4 is 48.8 Å². The van der Waals surface area contributed by atoms with Gasteiger partial charge in [-0.15, -0.1) is 37.2 Å². The summed E-state index contributed by atoms with van der Waals surface area (Å²) in [6.07, 6.45) is 2.15. The predicted molar refractivity (Wildman–Crippen MR) is 122 cm³/mol. The van der Waals surface area contributed by atoms with Gasteiger partial charge in [0, 0.05) is 45.0 Å². The molecule has 2 fully saturated rings. The maximum absolute atomic E-state index is 12.0. The Balaban J connectivity index is 0.00000243. The van der Waals surface area contributed by atoms with Crippen molar-refractivity contribution in [2.75, 3.05) is 63.9 Å². The predicted octanol–water partition coefficient (Wildman–Crippen LogP) is 1.96. The molecule has 2 heterocycles. The summed E-state index contributed by atoms with van der Waals surface area (Å²) in [7, 11) is 0. The van der Waals surface area contributed by atoms with E-state index in [9.17, 15) is 4.79 Å². The summed E-state index contributed by atoms with van der Waals surface area (Å²) in [5, 5.41) is 6.19. The lowest BCUT2D eigenvalue weighted by molar-refractivity contribution is -0.125. The molecule has 2 saturated heterocycles. The minimum absolute atomic E-state index is 0. The molecule has 6 nitrogen and oxygen atoms in total. The Morgan fingerprint density at radius 2 is 1.79 bits per heavy atom. The van der Waals surface area contributed by atoms with Gasteiger partial charge in [-0.25, -0.2) is 0 Å². The monoisotopic (exact) mass is 454 g/mol. The molecule has 2 aliphatic rings. The highest BCUT2D eigenvalue weighted by molar-refractivity contribution is 5.86. The maximum atomic E-state index is 12.0. The molecule has 0 saturated carbocycles. The van der Waals surface area contributed by atoms with Crippen molar-refractivity contribution in [2.45, 2.75) is 18.9 Å². The zero-order valence-corrected chi connectivity index (χ0v) is 18.6. The van der Waals surface area contributed by atoms with Crippen LogP contribution in [0.4, 0.5) is 5.69 Å². The molecule has 0 aliphatic carbocycles. The van der Waals surface area contributed by atoms with Crippen molar-refractivity contribution in [3.8, 4) is 0 Å². The van der Waals surface area contributed by atoms with Gasteiger partial charge in [0.1, 0.15) is 6.04 Å². The number of halogens is 3. The smallest absolute Gasteiger partial charge is 0.239 e. The summed E-state index contributed by atoms with van der Waals surface area (Å²) in [5.41, 5.74) is 1.32. The molecule has 1 aromatic rings. The molecule has 1 aromatic carbocycles. The molecule has 9 heteroatoms. The van der Waals surface area contributed by atoms with Crippen LogP contribution in [0.2, 0.25) is 0 Å². The second kappa shape index (κ2) is 15.1. The third-order valence-electron chi connectivity index (χ3n) is 4.93. The molecule has 2 N–H and O–H groups in total. The highest BCUT2D eigenvalue weighted by Crippen LogP contribution is 2.15. The molecule has 28 heavy (non-hydrogen) atoms. The van der Waals surface area contributed by atoms with E-state index in [-0.39, 0.29) is 49.2 Å². The van der Waals surface area contributed by atoms with Gasteiger partial charge in [0.2, 0.25) is 5.91 Å². The van der Waals surface area contributed by atoms with Gasteiger partial charge in [0.25, 0.3) is 0 Å². The highest BCUT2D eigenvalue weighted by atomic mass is 35.5. The number of morpholine rings is 1. The topological polar surface area (TPSA) is 56.8 Å². The Hall–Kier alpha value is -0.760. The number of nitrogens with zero attached hydrogens (tertiary/aromatic N) is 2. The Bertz CT molecular complexity index is 525. The average Bonchev–Trinajstić information content (AvgIpc) is 2.69. The Labute approximate surface area is 187 Å². The number of amides is 1. The van der Waals surface area contributed by atoms with E-state index < -0.39 is 0 Å². The number of nitrogens with one attached hydrogen (secondary N) is 2. The number of unbranched alkanes of at least 4 members (excludes halogenated alkanes) is 1. The van der Waals surface area contributed by atoms with Crippen LogP contribution in [-0.4, -0.2) is 75.9 Å². The average molecular weight is 456 g/mol. The zero-order chi connectivity index (χ0) is 17.3. The third-order valence-corrected chi connectivity index (χ3v) is 4.93. The van der Waals surface area contributed by atoms with E-state index in [1.54, 1.807) is 0 Å². The second-order valence-electron chi connectivity index (χ2n) is 6.74. The van der Waals surface area contributed by atoms with Crippen LogP contribution in [0.15, 0.2) is 30.3 Å². The van der Waals surface area contributed by atoms with E-state index in [1.807, 2.05) is 0 Å². The fourth-order valence-electron chi connectivity index (χ4n) is 3.40. The largest absolute Gasteiger partial charge is 0.378 e. The molecule has 1 atom stereocenters. The molecule has 0 spiro atoms. The van der Waals surface area contributed by atoms with Crippen LogP contribution in [0.5, 0.6) is 0 Å². The number of carbonyl (C=O) groups is 1. The van der Waals surface area contributed by atoms with Crippen molar-refractivity contribution in [1.29, 1.82) is 0 Å². The van der Waals surface area contributed by atoms with Gasteiger partial charge in [-0.3, -0.25) is 9.69 Å². The number of hydrogen-bond acceptors (Lipinski definition) is 5.